The van der Waals surface area contributed by atoms with Gasteiger partial charge in [0.25, 0.3) is 5.91 Å². The third kappa shape index (κ3) is 5.32. The number of rotatable bonds is 8. The van der Waals surface area contributed by atoms with Crippen molar-refractivity contribution in [2.45, 2.75) is 27.6 Å². The predicted octanol–water partition coefficient (Wildman–Crippen LogP) is 3.26. The van der Waals surface area contributed by atoms with Gasteiger partial charge in [-0.3, -0.25) is 14.5 Å². The van der Waals surface area contributed by atoms with Crippen LogP contribution >= 0.6 is 58.2 Å². The van der Waals surface area contributed by atoms with Crippen LogP contribution in [0.4, 0.5) is 4.39 Å². The Kier molecular flexibility index (Phi) is 7.53. The van der Waals surface area contributed by atoms with Gasteiger partial charge in [0.15, 0.2) is 4.34 Å². The van der Waals surface area contributed by atoms with E-state index in [1.54, 1.807) is 0 Å². The van der Waals surface area contributed by atoms with Gasteiger partial charge in [-0.2, -0.15) is 0 Å². The molecule has 2 aromatic rings. The van der Waals surface area contributed by atoms with E-state index in [1.165, 1.54) is 58.0 Å². The number of nitrogens with zero attached hydrogens (tertiary/aromatic N) is 3. The quantitative estimate of drug-likeness (QED) is 0.380. The van der Waals surface area contributed by atoms with Crippen LogP contribution in [0.3, 0.4) is 0 Å². The van der Waals surface area contributed by atoms with Gasteiger partial charge in [-0.05, 0) is 30.7 Å². The first-order valence-corrected chi connectivity index (χ1v) is 13.7. The lowest BCUT2D eigenvalue weighted by Gasteiger charge is -2.49. The summed E-state index contributed by atoms with van der Waals surface area (Å²) in [6.45, 7) is 1.84. The number of carbonyl (C=O) groups excluding carboxylic acids is 2. The molecule has 4 rings (SSSR count). The van der Waals surface area contributed by atoms with E-state index in [-0.39, 0.29) is 22.4 Å². The number of aromatic nitrogens is 2. The van der Waals surface area contributed by atoms with Crippen molar-refractivity contribution in [3.8, 4) is 0 Å². The van der Waals surface area contributed by atoms with Crippen LogP contribution in [0, 0.1) is 12.7 Å². The number of amides is 2. The highest BCUT2D eigenvalue weighted by Crippen LogP contribution is 2.41. The van der Waals surface area contributed by atoms with Crippen LogP contribution in [-0.4, -0.2) is 66.7 Å². The van der Waals surface area contributed by atoms with Gasteiger partial charge >= 0.3 is 5.97 Å². The average Bonchev–Trinajstić information content (AvgIpc) is 3.21. The molecule has 2 aliphatic heterocycles. The number of β-lactam (4-membered cyclic amide) rings is 1. The number of hydrogen-bond acceptors (Lipinski definition) is 9. The van der Waals surface area contributed by atoms with Crippen LogP contribution in [0.15, 0.2) is 38.7 Å². The molecule has 0 spiro atoms. The Labute approximate surface area is 209 Å². The summed E-state index contributed by atoms with van der Waals surface area (Å²) >= 11 is 11.1. The van der Waals surface area contributed by atoms with Crippen LogP contribution in [0.2, 0.25) is 5.02 Å². The number of carbonyl (C=O) groups is 3. The number of benzene rings is 1. The highest BCUT2D eigenvalue weighted by atomic mass is 35.5. The number of aliphatic carboxylic acids is 1. The van der Waals surface area contributed by atoms with E-state index in [0.717, 1.165) is 21.1 Å². The van der Waals surface area contributed by atoms with Crippen molar-refractivity contribution in [1.82, 2.24) is 20.4 Å². The van der Waals surface area contributed by atoms with Crippen LogP contribution in [-0.2, 0) is 14.4 Å². The highest BCUT2D eigenvalue weighted by Gasteiger charge is 2.54. The zero-order chi connectivity index (χ0) is 23.7. The molecule has 0 bridgehead atoms. The summed E-state index contributed by atoms with van der Waals surface area (Å²) in [4.78, 5) is 38.9. The van der Waals surface area contributed by atoms with Gasteiger partial charge in [-0.15, -0.1) is 33.7 Å². The number of carboxylic acid groups (broad SMARTS) is 1. The first kappa shape index (κ1) is 24.3. The first-order chi connectivity index (χ1) is 15.7. The van der Waals surface area contributed by atoms with Crippen molar-refractivity contribution in [3.63, 3.8) is 0 Å². The Hall–Kier alpha value is -1.80. The molecule has 33 heavy (non-hydrogen) atoms. The Morgan fingerprint density at radius 3 is 2.82 bits per heavy atom. The highest BCUT2D eigenvalue weighted by molar-refractivity contribution is 8.02. The van der Waals surface area contributed by atoms with Crippen molar-refractivity contribution in [2.75, 3.05) is 17.3 Å². The van der Waals surface area contributed by atoms with Crippen molar-refractivity contribution in [1.29, 1.82) is 0 Å². The normalized spacial score (nSPS) is 19.8. The number of aryl methyl sites for hydroxylation is 1. The smallest absolute Gasteiger partial charge is 0.352 e. The van der Waals surface area contributed by atoms with Gasteiger partial charge in [-0.25, -0.2) is 9.18 Å². The molecule has 14 heteroatoms. The van der Waals surface area contributed by atoms with E-state index in [0.29, 0.717) is 22.0 Å². The number of nitrogens with one attached hydrogen (secondary N) is 1. The molecular formula is C19H16ClFN4O4S4. The van der Waals surface area contributed by atoms with Crippen LogP contribution in [0.25, 0.3) is 0 Å². The minimum Gasteiger partial charge on any atom is -0.477 e. The average molecular weight is 547 g/mol. The fourth-order valence-electron chi connectivity index (χ4n) is 3.21. The fourth-order valence-corrected chi connectivity index (χ4v) is 7.50. The summed E-state index contributed by atoms with van der Waals surface area (Å²) in [7, 11) is 0. The third-order valence-corrected chi connectivity index (χ3v) is 9.39. The second-order valence-electron chi connectivity index (χ2n) is 6.95. The molecule has 2 N–H and O–H groups in total. The molecule has 1 fully saturated rings. The molecule has 1 aromatic carbocycles. The molecular weight excluding hydrogens is 531 g/mol. The zero-order valence-corrected chi connectivity index (χ0v) is 20.9. The van der Waals surface area contributed by atoms with Crippen LogP contribution in [0.1, 0.15) is 5.01 Å². The van der Waals surface area contributed by atoms with E-state index < -0.39 is 29.1 Å². The maximum atomic E-state index is 13.3. The summed E-state index contributed by atoms with van der Waals surface area (Å²) in [5.74, 6) is -1.74. The molecule has 8 nitrogen and oxygen atoms in total. The number of carboxylic acids is 1. The molecule has 0 saturated carbocycles. The molecule has 174 valence electrons. The Bertz CT molecular complexity index is 1160. The van der Waals surface area contributed by atoms with E-state index >= 15 is 0 Å². The number of hydrogen-bond donors (Lipinski definition) is 2. The van der Waals surface area contributed by atoms with Gasteiger partial charge < -0.3 is 10.4 Å². The van der Waals surface area contributed by atoms with Crippen LogP contribution in [0.5, 0.6) is 0 Å². The topological polar surface area (TPSA) is 112 Å². The predicted molar refractivity (Wildman–Crippen MR) is 127 cm³/mol. The molecule has 0 aliphatic carbocycles. The lowest BCUT2D eigenvalue weighted by molar-refractivity contribution is -0.150. The zero-order valence-electron chi connectivity index (χ0n) is 16.9. The number of thioether (sulfide) groups is 3. The molecule has 3 heterocycles. The second kappa shape index (κ2) is 10.2. The van der Waals surface area contributed by atoms with E-state index in [9.17, 15) is 23.9 Å². The SMILES string of the molecule is Cc1nnc(SCC2=C(C(=O)O)N3C(=O)C(NC(=O)CSc4ccc(F)c(Cl)c4)[C@@H]3SC2)s1. The maximum absolute atomic E-state index is 13.3. The van der Waals surface area contributed by atoms with Gasteiger partial charge in [0.2, 0.25) is 5.91 Å². The molecule has 2 aliphatic rings. The maximum Gasteiger partial charge on any atom is 0.352 e. The van der Waals surface area contributed by atoms with Crippen molar-refractivity contribution in [3.05, 3.63) is 45.3 Å². The van der Waals surface area contributed by atoms with E-state index in [1.807, 2.05) is 6.92 Å². The second-order valence-corrected chi connectivity index (χ2v) is 11.9. The lowest BCUT2D eigenvalue weighted by Crippen LogP contribution is -2.70. The van der Waals surface area contributed by atoms with Gasteiger partial charge in [0.05, 0.1) is 10.8 Å². The minimum atomic E-state index is -1.17. The Morgan fingerprint density at radius 2 is 2.15 bits per heavy atom. The third-order valence-electron chi connectivity index (χ3n) is 4.70. The van der Waals surface area contributed by atoms with Gasteiger partial charge in [-0.1, -0.05) is 34.7 Å². The summed E-state index contributed by atoms with van der Waals surface area (Å²) in [6.07, 6.45) is 0. The Morgan fingerprint density at radius 1 is 1.36 bits per heavy atom. The lowest BCUT2D eigenvalue weighted by atomic mass is 10.0. The van der Waals surface area contributed by atoms with E-state index in [2.05, 4.69) is 15.5 Å². The summed E-state index contributed by atoms with van der Waals surface area (Å²) in [6, 6.07) is 3.36. The van der Waals surface area contributed by atoms with E-state index in [4.69, 9.17) is 11.6 Å². The van der Waals surface area contributed by atoms with Crippen molar-refractivity contribution < 1.29 is 23.9 Å². The molecule has 1 aromatic heterocycles. The molecule has 1 unspecified atom stereocenters. The van der Waals surface area contributed by atoms with Gasteiger partial charge in [0.1, 0.15) is 27.9 Å². The summed E-state index contributed by atoms with van der Waals surface area (Å²) in [5, 5.41) is 20.7. The monoisotopic (exact) mass is 546 g/mol. The molecule has 2 amide bonds. The largest absolute Gasteiger partial charge is 0.477 e. The fraction of sp³-hybridized carbons (Fsp3) is 0.316. The standard InChI is InChI=1S/C19H16ClFN4O4S4/c1-8-23-24-19(33-8)32-6-9-5-31-17-14(16(27)25(17)15(9)18(28)29)22-13(26)7-30-10-2-3-12(21)11(20)4-10/h2-4,14,17H,5-7H2,1H3,(H,22,26)(H,28,29)/t14?,17-/m0/s1. The van der Waals surface area contributed by atoms with Gasteiger partial charge in [0, 0.05) is 16.4 Å². The Balaban J connectivity index is 1.37. The number of halogens is 2. The molecule has 2 atom stereocenters. The minimum absolute atomic E-state index is 0.00785. The van der Waals surface area contributed by atoms with Crippen molar-refractivity contribution in [2.24, 2.45) is 0 Å². The summed E-state index contributed by atoms with van der Waals surface area (Å²) < 4.78 is 14.0. The molecule has 1 saturated heterocycles. The van der Waals surface area contributed by atoms with Crippen LogP contribution < -0.4 is 5.32 Å². The summed E-state index contributed by atoms with van der Waals surface area (Å²) in [5.41, 5.74) is 0.599. The van der Waals surface area contributed by atoms with Crippen molar-refractivity contribution >= 4 is 76.0 Å². The molecule has 0 radical (unpaired) electrons. The number of fused-ring (bicyclic) bond motifs is 1. The first-order valence-electron chi connectivity index (χ1n) is 9.44.